The highest BCUT2D eigenvalue weighted by Crippen LogP contribution is 2.03. The van der Waals surface area contributed by atoms with Crippen molar-refractivity contribution in [2.24, 2.45) is 0 Å². The number of carbonyl (C=O) groups is 1. The number of hydrogen-bond acceptors (Lipinski definition) is 1. The second kappa shape index (κ2) is 18.3. The second-order valence-corrected chi connectivity index (χ2v) is 5.83. The third-order valence-corrected chi connectivity index (χ3v) is 3.52. The van der Waals surface area contributed by atoms with Gasteiger partial charge in [0.1, 0.15) is 0 Å². The summed E-state index contributed by atoms with van der Waals surface area (Å²) in [4.78, 5) is 10.6. The van der Waals surface area contributed by atoms with E-state index in [1.165, 1.54) is 0 Å². The first-order chi connectivity index (χ1) is 12.2. The van der Waals surface area contributed by atoms with Crippen molar-refractivity contribution in [1.82, 2.24) is 0 Å². The van der Waals surface area contributed by atoms with Crippen LogP contribution in [0.25, 0.3) is 0 Å². The molecule has 0 saturated carbocycles. The van der Waals surface area contributed by atoms with Gasteiger partial charge in [-0.1, -0.05) is 73.8 Å². The molecule has 0 aromatic heterocycles. The summed E-state index contributed by atoms with van der Waals surface area (Å²) in [6, 6.07) is 0. The first kappa shape index (κ1) is 22.9. The van der Waals surface area contributed by atoms with Gasteiger partial charge >= 0.3 is 5.97 Å². The van der Waals surface area contributed by atoms with Crippen molar-refractivity contribution in [2.45, 2.75) is 65.2 Å². The van der Waals surface area contributed by atoms with Crippen LogP contribution in [0.4, 0.5) is 0 Å². The molecule has 0 unspecified atom stereocenters. The van der Waals surface area contributed by atoms with E-state index in [4.69, 9.17) is 5.11 Å². The molecule has 0 aliphatic heterocycles. The molecule has 2 nitrogen and oxygen atoms in total. The predicted molar refractivity (Wildman–Crippen MR) is 110 cm³/mol. The smallest absolute Gasteiger partial charge is 0.330 e. The summed E-state index contributed by atoms with van der Waals surface area (Å²) in [5.41, 5.74) is 0.434. The van der Waals surface area contributed by atoms with Gasteiger partial charge in [0, 0.05) is 5.57 Å². The molecule has 0 aromatic rings. The Hall–Kier alpha value is -2.09. The van der Waals surface area contributed by atoms with Crippen LogP contribution in [-0.4, -0.2) is 11.1 Å². The number of allylic oxidation sites excluding steroid dienone is 11. The molecule has 0 radical (unpaired) electrons. The highest BCUT2D eigenvalue weighted by Gasteiger charge is 1.96. The zero-order valence-electron chi connectivity index (χ0n) is 15.9. The molecule has 0 aliphatic rings. The third kappa shape index (κ3) is 18.1. The topological polar surface area (TPSA) is 37.3 Å². The average Bonchev–Trinajstić information content (AvgIpc) is 2.60. The van der Waals surface area contributed by atoms with E-state index in [1.807, 2.05) is 0 Å². The Kier molecular flexibility index (Phi) is 16.7. The fourth-order valence-electron chi connectivity index (χ4n) is 2.01. The van der Waals surface area contributed by atoms with Crippen molar-refractivity contribution in [3.63, 3.8) is 0 Å². The Balaban J connectivity index is 3.56. The van der Waals surface area contributed by atoms with Crippen LogP contribution in [0.15, 0.2) is 72.4 Å². The summed E-state index contributed by atoms with van der Waals surface area (Å²) in [6.45, 7) is 3.79. The molecule has 2 heteroatoms. The van der Waals surface area contributed by atoms with E-state index in [-0.39, 0.29) is 0 Å². The Morgan fingerprint density at radius 1 is 0.720 bits per heavy atom. The van der Waals surface area contributed by atoms with Crippen molar-refractivity contribution in [3.8, 4) is 0 Å². The molecule has 25 heavy (non-hydrogen) atoms. The van der Waals surface area contributed by atoms with Gasteiger partial charge in [0.2, 0.25) is 0 Å². The molecule has 0 rings (SSSR count). The average molecular weight is 343 g/mol. The van der Waals surface area contributed by atoms with Gasteiger partial charge in [0.15, 0.2) is 0 Å². The van der Waals surface area contributed by atoms with Crippen molar-refractivity contribution in [3.05, 3.63) is 72.4 Å². The van der Waals surface area contributed by atoms with Crippen LogP contribution in [0, 0.1) is 0 Å². The maximum atomic E-state index is 10.6. The molecular formula is C23H34O2. The van der Waals surface area contributed by atoms with Gasteiger partial charge in [-0.25, -0.2) is 4.79 Å². The molecule has 0 saturated heterocycles. The fraction of sp³-hybridized carbons (Fsp3) is 0.435. The zero-order chi connectivity index (χ0) is 18.6. The minimum absolute atomic E-state index is 0.434. The van der Waals surface area contributed by atoms with Crippen molar-refractivity contribution in [1.29, 1.82) is 0 Å². The molecule has 0 amide bonds. The number of rotatable bonds is 14. The second-order valence-electron chi connectivity index (χ2n) is 5.83. The molecule has 0 aromatic carbocycles. The molecule has 0 aliphatic carbocycles. The van der Waals surface area contributed by atoms with E-state index in [0.717, 1.165) is 51.4 Å². The molecule has 0 fully saturated rings. The molecule has 0 heterocycles. The van der Waals surface area contributed by atoms with Crippen LogP contribution in [0.2, 0.25) is 0 Å². The molecule has 0 bridgehead atoms. The van der Waals surface area contributed by atoms with E-state index in [1.54, 1.807) is 13.0 Å². The first-order valence-electron chi connectivity index (χ1n) is 9.33. The number of carboxylic acid groups (broad SMARTS) is 1. The maximum absolute atomic E-state index is 10.6. The van der Waals surface area contributed by atoms with Gasteiger partial charge in [-0.15, -0.1) is 0 Å². The van der Waals surface area contributed by atoms with E-state index >= 15 is 0 Å². The Morgan fingerprint density at radius 2 is 1.16 bits per heavy atom. The van der Waals surface area contributed by atoms with E-state index in [2.05, 4.69) is 67.7 Å². The summed E-state index contributed by atoms with van der Waals surface area (Å²) in [6.07, 6.45) is 31.6. The Bertz CT molecular complexity index is 502. The predicted octanol–water partition coefficient (Wildman–Crippen LogP) is 6.94. The van der Waals surface area contributed by atoms with Crippen LogP contribution in [-0.2, 0) is 4.79 Å². The molecular weight excluding hydrogens is 308 g/mol. The number of carboxylic acids is 1. The normalized spacial score (nSPS) is 13.4. The van der Waals surface area contributed by atoms with Gasteiger partial charge in [-0.05, 0) is 58.3 Å². The summed E-state index contributed by atoms with van der Waals surface area (Å²) in [5.74, 6) is -0.824. The zero-order valence-corrected chi connectivity index (χ0v) is 15.9. The lowest BCUT2D eigenvalue weighted by atomic mass is 10.1. The van der Waals surface area contributed by atoms with Gasteiger partial charge in [-0.2, -0.15) is 0 Å². The quantitative estimate of drug-likeness (QED) is 0.211. The van der Waals surface area contributed by atoms with Crippen LogP contribution in [0.1, 0.15) is 65.2 Å². The van der Waals surface area contributed by atoms with Gasteiger partial charge in [0.25, 0.3) is 0 Å². The fourth-order valence-corrected chi connectivity index (χ4v) is 2.01. The van der Waals surface area contributed by atoms with Crippen molar-refractivity contribution >= 4 is 5.97 Å². The summed E-state index contributed by atoms with van der Waals surface area (Å²) < 4.78 is 0. The number of unbranched alkanes of at least 4 members (excludes halogenated alkanes) is 2. The van der Waals surface area contributed by atoms with Crippen LogP contribution in [0.5, 0.6) is 0 Å². The number of hydrogen-bond donors (Lipinski definition) is 1. The van der Waals surface area contributed by atoms with Crippen molar-refractivity contribution < 1.29 is 9.90 Å². The minimum Gasteiger partial charge on any atom is -0.478 e. The molecule has 0 atom stereocenters. The molecule has 1 N–H and O–H groups in total. The van der Waals surface area contributed by atoms with Gasteiger partial charge < -0.3 is 5.11 Å². The van der Waals surface area contributed by atoms with Crippen molar-refractivity contribution in [2.75, 3.05) is 0 Å². The monoisotopic (exact) mass is 342 g/mol. The molecule has 0 spiro atoms. The lowest BCUT2D eigenvalue weighted by Crippen LogP contribution is -1.95. The summed E-state index contributed by atoms with van der Waals surface area (Å²) in [5, 5.41) is 8.73. The SMILES string of the molecule is CCC=CCC=CCC=CCC=CCC=CCCCC=C(C)C(=O)O. The summed E-state index contributed by atoms with van der Waals surface area (Å²) >= 11 is 0. The van der Waals surface area contributed by atoms with E-state index < -0.39 is 5.97 Å². The highest BCUT2D eigenvalue weighted by atomic mass is 16.4. The van der Waals surface area contributed by atoms with E-state index in [0.29, 0.717) is 5.57 Å². The maximum Gasteiger partial charge on any atom is 0.330 e. The number of aliphatic carboxylic acids is 1. The first-order valence-corrected chi connectivity index (χ1v) is 9.33. The summed E-state index contributed by atoms with van der Waals surface area (Å²) in [7, 11) is 0. The van der Waals surface area contributed by atoms with Crippen LogP contribution < -0.4 is 0 Å². The lowest BCUT2D eigenvalue weighted by Gasteiger charge is -1.93. The molecule has 138 valence electrons. The van der Waals surface area contributed by atoms with Crippen LogP contribution in [0.3, 0.4) is 0 Å². The lowest BCUT2D eigenvalue weighted by molar-refractivity contribution is -0.132. The highest BCUT2D eigenvalue weighted by molar-refractivity contribution is 5.85. The Labute approximate surface area is 154 Å². The minimum atomic E-state index is -0.824. The van der Waals surface area contributed by atoms with Crippen LogP contribution >= 0.6 is 0 Å². The third-order valence-electron chi connectivity index (χ3n) is 3.52. The largest absolute Gasteiger partial charge is 0.478 e. The standard InChI is InChI=1S/C23H34O2/c1-3-4-5-6-7-8-9-10-11-12-13-14-15-16-17-18-19-20-21-22(2)23(24)25/h4-5,7-8,10-11,13-14,16-17,21H,3,6,9,12,15,18-20H2,1-2H3,(H,24,25). The van der Waals surface area contributed by atoms with Gasteiger partial charge in [0.05, 0.1) is 0 Å². The van der Waals surface area contributed by atoms with Gasteiger partial charge in [-0.3, -0.25) is 0 Å². The van der Waals surface area contributed by atoms with E-state index in [9.17, 15) is 4.79 Å². The Morgan fingerprint density at radius 3 is 1.60 bits per heavy atom.